The van der Waals surface area contributed by atoms with Gasteiger partial charge in [-0.15, -0.1) is 40.7 Å². The molecule has 6 rings (SSSR count). The van der Waals surface area contributed by atoms with Gasteiger partial charge in [0.15, 0.2) is 5.78 Å². The Morgan fingerprint density at radius 2 is 1.52 bits per heavy atom. The Hall–Kier alpha value is -3.11. The number of benzene rings is 3. The molecule has 279 valence electrons. The molecule has 5 heteroatoms. The number of hydrogen-bond acceptors (Lipinski definition) is 4. The van der Waals surface area contributed by atoms with Crippen LogP contribution in [0.4, 0.5) is 0 Å². The number of nitrogens with zero attached hydrogens (tertiary/aromatic N) is 1. The molecular weight excluding hydrogens is 835 g/mol. The van der Waals surface area contributed by atoms with Crippen LogP contribution in [0.5, 0.6) is 0 Å². The SMILES string of the molecule is CCC(C)(CC)C(=O)/C=C(\O)C(C)(CC)CC.Cc1cc(C)c2c(C)cc(-c3[c-]ccc4c3C(C)(C)c3c-4sc4ccc(C(C)C)cc34)nc2c1.[Ir]. The number of fused-ring (bicyclic) bond motifs is 6. The molecule has 1 aliphatic rings. The van der Waals surface area contributed by atoms with E-state index in [-0.39, 0.29) is 47.9 Å². The molecule has 2 aromatic heterocycles. The van der Waals surface area contributed by atoms with Crippen molar-refractivity contribution in [2.24, 2.45) is 10.8 Å². The van der Waals surface area contributed by atoms with Crippen LogP contribution in [0, 0.1) is 37.7 Å². The Kier molecular flexibility index (Phi) is 12.6. The molecule has 2 heterocycles. The summed E-state index contributed by atoms with van der Waals surface area (Å²) in [6, 6.07) is 21.7. The average molecular weight is 893 g/mol. The number of carbonyl (C=O) groups is 1. The van der Waals surface area contributed by atoms with E-state index in [4.69, 9.17) is 4.98 Å². The van der Waals surface area contributed by atoms with E-state index >= 15 is 0 Å². The fourth-order valence-corrected chi connectivity index (χ4v) is 9.12. The van der Waals surface area contributed by atoms with E-state index < -0.39 is 0 Å². The third-order valence-electron chi connectivity index (χ3n) is 12.2. The molecule has 5 aromatic rings. The van der Waals surface area contributed by atoms with Crippen molar-refractivity contribution >= 4 is 38.1 Å². The minimum absolute atomic E-state index is 0. The molecule has 3 nitrogen and oxygen atoms in total. The van der Waals surface area contributed by atoms with Gasteiger partial charge in [0.2, 0.25) is 0 Å². The van der Waals surface area contributed by atoms with E-state index in [1.807, 2.05) is 52.9 Å². The molecule has 0 spiro atoms. The number of rotatable bonds is 9. The zero-order valence-corrected chi connectivity index (χ0v) is 36.9. The molecular formula is C47H58IrNO2S-. The van der Waals surface area contributed by atoms with E-state index in [0.29, 0.717) is 5.92 Å². The predicted molar refractivity (Wildman–Crippen MR) is 220 cm³/mol. The third kappa shape index (κ3) is 7.35. The van der Waals surface area contributed by atoms with Crippen molar-refractivity contribution in [3.8, 4) is 21.7 Å². The normalized spacial score (nSPS) is 13.8. The number of aromatic nitrogens is 1. The van der Waals surface area contributed by atoms with Gasteiger partial charge in [-0.25, -0.2) is 0 Å². The Bertz CT molecular complexity index is 2140. The van der Waals surface area contributed by atoms with Gasteiger partial charge in [-0.3, -0.25) is 9.78 Å². The maximum Gasteiger partial charge on any atom is 0.164 e. The van der Waals surface area contributed by atoms with Crippen molar-refractivity contribution in [3.05, 3.63) is 99.8 Å². The monoisotopic (exact) mass is 893 g/mol. The fourth-order valence-electron chi connectivity index (χ4n) is 7.75. The Labute approximate surface area is 330 Å². The molecule has 0 atom stereocenters. The summed E-state index contributed by atoms with van der Waals surface area (Å²) in [5, 5.41) is 12.8. The van der Waals surface area contributed by atoms with Gasteiger partial charge in [0.25, 0.3) is 0 Å². The van der Waals surface area contributed by atoms with Crippen molar-refractivity contribution in [2.45, 2.75) is 127 Å². The summed E-state index contributed by atoms with van der Waals surface area (Å²) in [6.07, 6.45) is 4.75. The van der Waals surface area contributed by atoms with Crippen LogP contribution in [-0.4, -0.2) is 15.9 Å². The summed E-state index contributed by atoms with van der Waals surface area (Å²) in [6.45, 7) is 27.9. The molecule has 0 saturated heterocycles. The molecule has 1 aliphatic carbocycles. The summed E-state index contributed by atoms with van der Waals surface area (Å²) < 4.78 is 1.38. The average Bonchev–Trinajstić information content (AvgIpc) is 3.59. The number of ketones is 1. The summed E-state index contributed by atoms with van der Waals surface area (Å²) in [4.78, 5) is 18.8. The smallest absolute Gasteiger partial charge is 0.164 e. The van der Waals surface area contributed by atoms with Crippen molar-refractivity contribution in [1.82, 2.24) is 4.98 Å². The molecule has 3 aromatic carbocycles. The van der Waals surface area contributed by atoms with Crippen molar-refractivity contribution in [3.63, 3.8) is 0 Å². The fraction of sp³-hybridized carbons (Fsp3) is 0.447. The van der Waals surface area contributed by atoms with Crippen LogP contribution >= 0.6 is 11.3 Å². The van der Waals surface area contributed by atoms with E-state index in [0.717, 1.165) is 42.5 Å². The molecule has 0 saturated carbocycles. The second kappa shape index (κ2) is 15.7. The van der Waals surface area contributed by atoms with Gasteiger partial charge in [0, 0.05) is 52.0 Å². The Morgan fingerprint density at radius 1 is 0.904 bits per heavy atom. The number of hydrogen-bond donors (Lipinski definition) is 1. The van der Waals surface area contributed by atoms with Crippen LogP contribution in [0.25, 0.3) is 42.7 Å². The second-order valence-corrected chi connectivity index (χ2v) is 17.3. The van der Waals surface area contributed by atoms with Crippen LogP contribution in [0.3, 0.4) is 0 Å². The summed E-state index contributed by atoms with van der Waals surface area (Å²) in [5.74, 6) is 0.807. The van der Waals surface area contributed by atoms with Crippen LogP contribution in [0.1, 0.15) is 134 Å². The van der Waals surface area contributed by atoms with E-state index in [2.05, 4.69) is 103 Å². The van der Waals surface area contributed by atoms with E-state index in [1.54, 1.807) is 0 Å². The Morgan fingerprint density at radius 3 is 2.12 bits per heavy atom. The number of thiophene rings is 1. The van der Waals surface area contributed by atoms with Crippen molar-refractivity contribution in [2.75, 3.05) is 0 Å². The molecule has 0 amide bonds. The first kappa shape index (κ1) is 41.6. The standard InChI is InChI=1S/C32H30NS.C15H28O2.Ir/c1-17(2)21-11-12-27-24(16-21)30-31(34-27)23-10-8-9-22(29(23)32(30,6)7)25-15-20(5)28-19(4)13-18(3)14-26(28)33-25;1-7-14(5,8-2)12(16)11-13(17)15(6,9-3)10-4;/h8,10-17H,1-7H3;11,16H,7-10H2,1-6H3;/q-1;;/b;12-11-;. The molecule has 1 N–H and O–H groups in total. The number of aryl methyl sites for hydroxylation is 3. The molecule has 0 bridgehead atoms. The number of pyridine rings is 1. The largest absolute Gasteiger partial charge is 0.512 e. The van der Waals surface area contributed by atoms with Gasteiger partial charge in [0.05, 0.1) is 5.52 Å². The maximum atomic E-state index is 12.2. The first-order chi connectivity index (χ1) is 24.0. The molecule has 1 radical (unpaired) electrons. The molecule has 0 aliphatic heterocycles. The van der Waals surface area contributed by atoms with E-state index in [9.17, 15) is 9.90 Å². The number of carbonyl (C=O) groups excluding carboxylic acids is 1. The number of allylic oxidation sites excluding steroid dienone is 2. The quantitative estimate of drug-likeness (QED) is 0.0911. The second-order valence-electron chi connectivity index (χ2n) is 16.2. The van der Waals surface area contributed by atoms with Gasteiger partial charge in [-0.2, -0.15) is 0 Å². The first-order valence-corrected chi connectivity index (χ1v) is 19.7. The zero-order chi connectivity index (χ0) is 37.6. The number of aliphatic hydroxyl groups is 1. The van der Waals surface area contributed by atoms with Gasteiger partial charge in [-0.05, 0) is 115 Å². The summed E-state index contributed by atoms with van der Waals surface area (Å²) in [7, 11) is 0. The molecule has 52 heavy (non-hydrogen) atoms. The van der Waals surface area contributed by atoms with Gasteiger partial charge >= 0.3 is 0 Å². The van der Waals surface area contributed by atoms with Gasteiger partial charge in [-0.1, -0.05) is 93.0 Å². The Balaban J connectivity index is 0.000000289. The van der Waals surface area contributed by atoms with Gasteiger partial charge < -0.3 is 5.11 Å². The van der Waals surface area contributed by atoms with Crippen molar-refractivity contribution in [1.29, 1.82) is 0 Å². The van der Waals surface area contributed by atoms with Crippen LogP contribution in [0.15, 0.2) is 60.4 Å². The topological polar surface area (TPSA) is 50.2 Å². The van der Waals surface area contributed by atoms with Crippen LogP contribution < -0.4 is 0 Å². The zero-order valence-electron chi connectivity index (χ0n) is 33.6. The third-order valence-corrected chi connectivity index (χ3v) is 13.4. The van der Waals surface area contributed by atoms with E-state index in [1.165, 1.54) is 65.4 Å². The maximum absolute atomic E-state index is 12.2. The van der Waals surface area contributed by atoms with Crippen molar-refractivity contribution < 1.29 is 30.0 Å². The predicted octanol–water partition coefficient (Wildman–Crippen LogP) is 13.9. The summed E-state index contributed by atoms with van der Waals surface area (Å²) in [5.41, 5.74) is 12.0. The summed E-state index contributed by atoms with van der Waals surface area (Å²) >= 11 is 1.93. The number of aliphatic hydroxyl groups excluding tert-OH is 1. The van der Waals surface area contributed by atoms with Gasteiger partial charge in [0.1, 0.15) is 5.76 Å². The molecule has 0 fully saturated rings. The van der Waals surface area contributed by atoms with Crippen LogP contribution in [-0.2, 0) is 30.3 Å². The minimum Gasteiger partial charge on any atom is -0.512 e. The van der Waals surface area contributed by atoms with Crippen LogP contribution in [0.2, 0.25) is 0 Å². The minimum atomic E-state index is -0.337. The molecule has 0 unspecified atom stereocenters. The first-order valence-electron chi connectivity index (χ1n) is 18.9.